The quantitative estimate of drug-likeness (QED) is 0.748. The third-order valence-electron chi connectivity index (χ3n) is 4.37. The van der Waals surface area contributed by atoms with Gasteiger partial charge in [0.25, 0.3) is 0 Å². The van der Waals surface area contributed by atoms with Gasteiger partial charge in [0.15, 0.2) is 0 Å². The Balaban J connectivity index is 2.26. The lowest BCUT2D eigenvalue weighted by molar-refractivity contribution is 1.34. The van der Waals surface area contributed by atoms with E-state index in [9.17, 15) is 0 Å². The molecule has 0 saturated carbocycles. The zero-order chi connectivity index (χ0) is 16.3. The standard InChI is InChI=1S/C21H24Si2/c1-23(2,3)21-17-11-10-16-20(21)22(18-12-6-4-7-13-18)19-14-8-5-9-15-19/h4-17,21H,1-3H3. The van der Waals surface area contributed by atoms with Crippen molar-refractivity contribution in [1.82, 2.24) is 0 Å². The van der Waals surface area contributed by atoms with Crippen LogP contribution in [0.4, 0.5) is 0 Å². The largest absolute Gasteiger partial charge is 0.0837 e. The van der Waals surface area contributed by atoms with E-state index < -0.39 is 16.5 Å². The minimum absolute atomic E-state index is 0.627. The van der Waals surface area contributed by atoms with Crippen LogP contribution < -0.4 is 10.4 Å². The van der Waals surface area contributed by atoms with Gasteiger partial charge in [-0.1, -0.05) is 110 Å². The molecule has 1 unspecified atom stereocenters. The molecule has 2 heteroatoms. The summed E-state index contributed by atoms with van der Waals surface area (Å²) in [5.41, 5.74) is 0.627. The van der Waals surface area contributed by atoms with E-state index >= 15 is 0 Å². The van der Waals surface area contributed by atoms with Crippen molar-refractivity contribution in [1.29, 1.82) is 0 Å². The molecular formula is C21H24Si2. The first-order valence-corrected chi connectivity index (χ1v) is 13.3. The Bertz CT molecular complexity index is 706. The first kappa shape index (κ1) is 16.1. The summed E-state index contributed by atoms with van der Waals surface area (Å²) in [6, 6.07) is 22.2. The Morgan fingerprint density at radius 1 is 0.739 bits per heavy atom. The lowest BCUT2D eigenvalue weighted by atomic mass is 10.2. The smallest absolute Gasteiger partial charge is 0.0801 e. The normalized spacial score (nSPS) is 17.3. The van der Waals surface area contributed by atoms with Gasteiger partial charge in [0.1, 0.15) is 0 Å². The monoisotopic (exact) mass is 332 g/mol. The SMILES string of the molecule is C[Si](C)(C)C1C=CC=CC1=[Si](c1ccccc1)c1ccccc1. The van der Waals surface area contributed by atoms with Gasteiger partial charge in [0.05, 0.1) is 16.5 Å². The van der Waals surface area contributed by atoms with Crippen LogP contribution in [0.2, 0.25) is 25.2 Å². The second-order valence-electron chi connectivity index (χ2n) is 7.15. The van der Waals surface area contributed by atoms with Crippen molar-refractivity contribution in [3.8, 4) is 0 Å². The molecule has 3 rings (SSSR count). The van der Waals surface area contributed by atoms with Crippen molar-refractivity contribution in [2.24, 2.45) is 0 Å². The third kappa shape index (κ3) is 3.59. The molecule has 0 heterocycles. The zero-order valence-corrected chi connectivity index (χ0v) is 16.2. The maximum absolute atomic E-state index is 2.48. The first-order valence-electron chi connectivity index (χ1n) is 8.27. The van der Waals surface area contributed by atoms with Crippen molar-refractivity contribution in [2.75, 3.05) is 0 Å². The Morgan fingerprint density at radius 2 is 1.26 bits per heavy atom. The van der Waals surface area contributed by atoms with Crippen LogP contribution >= 0.6 is 0 Å². The number of allylic oxidation sites excluding steroid dienone is 4. The second-order valence-corrected chi connectivity index (χ2v) is 15.0. The van der Waals surface area contributed by atoms with Crippen molar-refractivity contribution >= 4 is 32.0 Å². The summed E-state index contributed by atoms with van der Waals surface area (Å²) in [5.74, 6) is 0. The van der Waals surface area contributed by atoms with Gasteiger partial charge in [-0.25, -0.2) is 0 Å². The molecule has 1 aliphatic carbocycles. The lowest BCUT2D eigenvalue weighted by Gasteiger charge is -2.31. The molecule has 2 aromatic carbocycles. The van der Waals surface area contributed by atoms with Crippen LogP contribution in [0.1, 0.15) is 0 Å². The van der Waals surface area contributed by atoms with Crippen LogP contribution in [0.3, 0.4) is 0 Å². The molecule has 0 saturated heterocycles. The fourth-order valence-corrected chi connectivity index (χ4v) is 9.42. The molecule has 23 heavy (non-hydrogen) atoms. The summed E-state index contributed by atoms with van der Waals surface area (Å²) < 4.78 is 0. The van der Waals surface area contributed by atoms with Crippen LogP contribution in [0.25, 0.3) is 0 Å². The van der Waals surface area contributed by atoms with Crippen LogP contribution in [-0.4, -0.2) is 21.7 Å². The van der Waals surface area contributed by atoms with Gasteiger partial charge in [-0.05, 0) is 15.9 Å². The average molecular weight is 333 g/mol. The van der Waals surface area contributed by atoms with Crippen molar-refractivity contribution in [3.63, 3.8) is 0 Å². The van der Waals surface area contributed by atoms with Gasteiger partial charge in [-0.15, -0.1) is 0 Å². The fraction of sp³-hybridized carbons (Fsp3) is 0.190. The summed E-state index contributed by atoms with van der Waals surface area (Å²) in [6.45, 7) is 7.45. The van der Waals surface area contributed by atoms with Gasteiger partial charge in [-0.3, -0.25) is 0 Å². The molecule has 116 valence electrons. The predicted molar refractivity (Wildman–Crippen MR) is 108 cm³/mol. The molecule has 0 spiro atoms. The molecule has 0 nitrogen and oxygen atoms in total. The topological polar surface area (TPSA) is 0 Å². The minimum atomic E-state index is -1.30. The van der Waals surface area contributed by atoms with Gasteiger partial charge in [0, 0.05) is 0 Å². The molecule has 0 aliphatic heterocycles. The van der Waals surface area contributed by atoms with E-state index in [2.05, 4.69) is 105 Å². The molecule has 0 fully saturated rings. The maximum atomic E-state index is 2.48. The molecule has 0 bridgehead atoms. The summed E-state index contributed by atoms with van der Waals surface area (Å²) in [4.78, 5) is 0. The van der Waals surface area contributed by atoms with E-state index in [1.807, 2.05) is 0 Å². The molecule has 0 N–H and O–H groups in total. The Kier molecular flexibility index (Phi) is 4.74. The summed E-state index contributed by atoms with van der Waals surface area (Å²) >= 11 is 0. The van der Waals surface area contributed by atoms with E-state index in [0.717, 1.165) is 0 Å². The average Bonchev–Trinajstić information content (AvgIpc) is 2.57. The first-order chi connectivity index (χ1) is 11.1. The Morgan fingerprint density at radius 3 is 1.74 bits per heavy atom. The molecule has 0 amide bonds. The third-order valence-corrected chi connectivity index (χ3v) is 9.91. The molecule has 0 aromatic heterocycles. The highest BCUT2D eigenvalue weighted by molar-refractivity contribution is 6.98. The van der Waals surface area contributed by atoms with Crippen molar-refractivity contribution in [3.05, 3.63) is 85.0 Å². The van der Waals surface area contributed by atoms with E-state index in [1.165, 1.54) is 10.4 Å². The van der Waals surface area contributed by atoms with E-state index in [0.29, 0.717) is 5.54 Å². The second kappa shape index (κ2) is 6.77. The number of benzene rings is 2. The number of hydrogen-bond acceptors (Lipinski definition) is 0. The van der Waals surface area contributed by atoms with E-state index in [-0.39, 0.29) is 0 Å². The summed E-state index contributed by atoms with van der Waals surface area (Å²) in [6.07, 6.45) is 9.31. The van der Waals surface area contributed by atoms with Gasteiger partial charge in [-0.2, -0.15) is 0 Å². The van der Waals surface area contributed by atoms with Crippen molar-refractivity contribution < 1.29 is 0 Å². The van der Waals surface area contributed by atoms with E-state index in [4.69, 9.17) is 0 Å². The Hall–Kier alpha value is -1.78. The molecule has 1 aliphatic rings. The predicted octanol–water partition coefficient (Wildman–Crippen LogP) is 3.88. The van der Waals surface area contributed by atoms with Crippen molar-refractivity contribution in [2.45, 2.75) is 25.2 Å². The highest BCUT2D eigenvalue weighted by Gasteiger charge is 2.30. The van der Waals surface area contributed by atoms with Crippen LogP contribution in [0.5, 0.6) is 0 Å². The fourth-order valence-electron chi connectivity index (χ4n) is 3.25. The van der Waals surface area contributed by atoms with Gasteiger partial charge in [0.2, 0.25) is 0 Å². The number of hydrogen-bond donors (Lipinski definition) is 0. The highest BCUT2D eigenvalue weighted by Crippen LogP contribution is 2.27. The van der Waals surface area contributed by atoms with Gasteiger partial charge < -0.3 is 0 Å². The van der Waals surface area contributed by atoms with Gasteiger partial charge >= 0.3 is 0 Å². The summed E-state index contributed by atoms with van der Waals surface area (Å²) in [5, 5.41) is 4.62. The molecule has 1 atom stereocenters. The molecule has 0 radical (unpaired) electrons. The van der Waals surface area contributed by atoms with E-state index in [1.54, 1.807) is 5.17 Å². The van der Waals surface area contributed by atoms with Crippen LogP contribution in [0, 0.1) is 0 Å². The highest BCUT2D eigenvalue weighted by atomic mass is 28.3. The molecular weight excluding hydrogens is 308 g/mol. The van der Waals surface area contributed by atoms with Crippen LogP contribution in [-0.2, 0) is 0 Å². The maximum Gasteiger partial charge on any atom is 0.0837 e. The molecule has 2 aromatic rings. The zero-order valence-electron chi connectivity index (χ0n) is 14.2. The Labute approximate surface area is 142 Å². The lowest BCUT2D eigenvalue weighted by Crippen LogP contribution is -2.45. The number of rotatable bonds is 3. The summed E-state index contributed by atoms with van der Waals surface area (Å²) in [7, 11) is -2.22. The van der Waals surface area contributed by atoms with Crippen LogP contribution in [0.15, 0.2) is 85.0 Å². The minimum Gasteiger partial charge on any atom is -0.0801 e.